The Balaban J connectivity index is 1.93. The van der Waals surface area contributed by atoms with Crippen molar-refractivity contribution < 1.29 is 0 Å². The van der Waals surface area contributed by atoms with Crippen LogP contribution in [0.1, 0.15) is 102 Å². The lowest BCUT2D eigenvalue weighted by Crippen LogP contribution is -2.63. The molecule has 1 aromatic rings. The molecule has 0 amide bonds. The van der Waals surface area contributed by atoms with E-state index >= 15 is 0 Å². The number of fused-ring (bicyclic) bond motifs is 5. The zero-order valence-corrected chi connectivity index (χ0v) is 19.9. The van der Waals surface area contributed by atoms with Gasteiger partial charge >= 0.3 is 0 Å². The minimum absolute atomic E-state index is 0.313. The topological polar surface area (TPSA) is 6.48 Å². The summed E-state index contributed by atoms with van der Waals surface area (Å²) in [6.07, 6.45) is 5.00. The first-order valence-corrected chi connectivity index (χ1v) is 11.8. The van der Waals surface area contributed by atoms with E-state index in [-0.39, 0.29) is 0 Å². The molecule has 4 rings (SSSR count). The lowest BCUT2D eigenvalue weighted by molar-refractivity contribution is 0.0239. The molecule has 2 bridgehead atoms. The molecule has 5 atom stereocenters. The van der Waals surface area contributed by atoms with Crippen molar-refractivity contribution in [2.45, 2.75) is 111 Å². The second-order valence-electron chi connectivity index (χ2n) is 10.7. The summed E-state index contributed by atoms with van der Waals surface area (Å²) in [5.41, 5.74) is 10.9. The van der Waals surface area contributed by atoms with Crippen LogP contribution in [0.15, 0.2) is 0 Å². The molecule has 5 unspecified atom stereocenters. The van der Waals surface area contributed by atoms with Crippen LogP contribution in [0, 0.1) is 19.3 Å². The Kier molecular flexibility index (Phi) is 4.51. The number of hydrogen-bond donors (Lipinski definition) is 0. The fourth-order valence-corrected chi connectivity index (χ4v) is 7.63. The third kappa shape index (κ3) is 2.14. The molecular formula is C26H42N2. The number of hydrogen-bond acceptors (Lipinski definition) is 2. The highest BCUT2D eigenvalue weighted by atomic mass is 15.4. The average molecular weight is 383 g/mol. The van der Waals surface area contributed by atoms with E-state index < -0.39 is 0 Å². The Morgan fingerprint density at radius 3 is 1.93 bits per heavy atom. The monoisotopic (exact) mass is 382 g/mol. The summed E-state index contributed by atoms with van der Waals surface area (Å²) < 4.78 is 0. The van der Waals surface area contributed by atoms with Crippen molar-refractivity contribution in [3.63, 3.8) is 0 Å². The van der Waals surface area contributed by atoms with Gasteiger partial charge in [0.05, 0.1) is 6.67 Å². The maximum Gasteiger partial charge on any atom is 0.0713 e. The Morgan fingerprint density at radius 2 is 1.43 bits per heavy atom. The zero-order chi connectivity index (χ0) is 20.6. The van der Waals surface area contributed by atoms with Gasteiger partial charge in [0.2, 0.25) is 0 Å². The summed E-state index contributed by atoms with van der Waals surface area (Å²) in [5.74, 6) is 0. The van der Waals surface area contributed by atoms with Gasteiger partial charge in [0.25, 0.3) is 0 Å². The predicted octanol–water partition coefficient (Wildman–Crippen LogP) is 6.44. The van der Waals surface area contributed by atoms with Crippen LogP contribution >= 0.6 is 0 Å². The van der Waals surface area contributed by atoms with E-state index in [1.54, 1.807) is 33.5 Å². The first-order valence-electron chi connectivity index (χ1n) is 11.8. The third-order valence-electron chi connectivity index (χ3n) is 9.85. The zero-order valence-electron chi connectivity index (χ0n) is 19.9. The molecule has 156 valence electrons. The summed E-state index contributed by atoms with van der Waals surface area (Å²) in [6.45, 7) is 25.5. The number of rotatable bonds is 4. The number of nitrogens with zero attached hydrogens (tertiary/aromatic N) is 2. The van der Waals surface area contributed by atoms with Gasteiger partial charge < -0.3 is 4.90 Å². The second-order valence-corrected chi connectivity index (χ2v) is 10.7. The molecule has 1 aromatic carbocycles. The van der Waals surface area contributed by atoms with Gasteiger partial charge in [0, 0.05) is 41.1 Å². The SMILES string of the molecule is CCC1N2Cc3c(C)c4c(c(C)c3N(C2)CC1(C)CC)C(C)(CC)C4(C)CC. The van der Waals surface area contributed by atoms with Gasteiger partial charge in [0.15, 0.2) is 0 Å². The van der Waals surface area contributed by atoms with Crippen molar-refractivity contribution >= 4 is 5.69 Å². The molecule has 0 aromatic heterocycles. The van der Waals surface area contributed by atoms with E-state index in [1.165, 1.54) is 32.2 Å². The van der Waals surface area contributed by atoms with Gasteiger partial charge in [-0.15, -0.1) is 0 Å². The smallest absolute Gasteiger partial charge is 0.0713 e. The van der Waals surface area contributed by atoms with E-state index in [2.05, 4.69) is 72.1 Å². The molecule has 1 aliphatic carbocycles. The Hall–Kier alpha value is -1.02. The molecule has 3 aliphatic rings. The molecule has 1 saturated heterocycles. The molecule has 2 heterocycles. The first-order chi connectivity index (χ1) is 13.1. The van der Waals surface area contributed by atoms with Crippen LogP contribution in [0.25, 0.3) is 0 Å². The fraction of sp³-hybridized carbons (Fsp3) is 0.769. The summed E-state index contributed by atoms with van der Waals surface area (Å²) in [4.78, 5) is 5.53. The highest BCUT2D eigenvalue weighted by Crippen LogP contribution is 2.64. The molecule has 28 heavy (non-hydrogen) atoms. The average Bonchev–Trinajstić information content (AvgIpc) is 2.68. The van der Waals surface area contributed by atoms with Crippen molar-refractivity contribution in [1.29, 1.82) is 0 Å². The van der Waals surface area contributed by atoms with Crippen molar-refractivity contribution in [3.8, 4) is 0 Å². The fourth-order valence-electron chi connectivity index (χ4n) is 7.63. The summed E-state index contributed by atoms with van der Waals surface area (Å²) in [5, 5.41) is 0. The predicted molar refractivity (Wildman–Crippen MR) is 121 cm³/mol. The Labute approximate surface area is 173 Å². The molecule has 0 saturated carbocycles. The molecule has 2 aliphatic heterocycles. The Bertz CT molecular complexity index is 811. The highest BCUT2D eigenvalue weighted by Gasteiger charge is 2.58. The summed E-state index contributed by atoms with van der Waals surface area (Å²) >= 11 is 0. The van der Waals surface area contributed by atoms with Crippen LogP contribution in [0.3, 0.4) is 0 Å². The minimum atomic E-state index is 0.313. The maximum absolute atomic E-state index is 2.79. The Morgan fingerprint density at radius 1 is 0.857 bits per heavy atom. The van der Waals surface area contributed by atoms with Crippen LogP contribution in [0.5, 0.6) is 0 Å². The molecule has 2 heteroatoms. The number of anilines is 1. The van der Waals surface area contributed by atoms with E-state index in [0.29, 0.717) is 22.3 Å². The van der Waals surface area contributed by atoms with Gasteiger partial charge in [-0.2, -0.15) is 0 Å². The molecule has 1 fully saturated rings. The summed E-state index contributed by atoms with van der Waals surface area (Å²) in [7, 11) is 0. The lowest BCUT2D eigenvalue weighted by atomic mass is 9.44. The van der Waals surface area contributed by atoms with Gasteiger partial charge in [-0.25, -0.2) is 0 Å². The minimum Gasteiger partial charge on any atom is -0.357 e. The van der Waals surface area contributed by atoms with E-state index in [0.717, 1.165) is 13.2 Å². The molecule has 0 N–H and O–H groups in total. The van der Waals surface area contributed by atoms with Crippen LogP contribution in [-0.4, -0.2) is 24.2 Å². The highest BCUT2D eigenvalue weighted by molar-refractivity contribution is 5.75. The van der Waals surface area contributed by atoms with Crippen LogP contribution < -0.4 is 4.90 Å². The van der Waals surface area contributed by atoms with Gasteiger partial charge in [-0.05, 0) is 67.3 Å². The molecule has 2 nitrogen and oxygen atoms in total. The molecule has 0 radical (unpaired) electrons. The largest absolute Gasteiger partial charge is 0.357 e. The van der Waals surface area contributed by atoms with Crippen LogP contribution in [0.4, 0.5) is 5.69 Å². The normalized spacial score (nSPS) is 38.7. The first kappa shape index (κ1) is 20.3. The van der Waals surface area contributed by atoms with E-state index in [1.807, 2.05) is 0 Å². The third-order valence-corrected chi connectivity index (χ3v) is 9.85. The number of benzene rings is 1. The second kappa shape index (κ2) is 6.24. The summed E-state index contributed by atoms with van der Waals surface area (Å²) in [6, 6.07) is 0.700. The van der Waals surface area contributed by atoms with E-state index in [4.69, 9.17) is 0 Å². The standard InChI is InChI=1S/C26H42N2/c1-10-20-24(7,11-2)15-28-16-27(20)14-19-17(5)21-22(18(6)23(19)28)26(9,13-4)25(21,8)12-3/h20H,10-16H2,1-9H3. The van der Waals surface area contributed by atoms with Crippen LogP contribution in [-0.2, 0) is 17.4 Å². The van der Waals surface area contributed by atoms with Crippen LogP contribution in [0.2, 0.25) is 0 Å². The van der Waals surface area contributed by atoms with Gasteiger partial charge in [-0.1, -0.05) is 48.5 Å². The van der Waals surface area contributed by atoms with Crippen molar-refractivity contribution in [2.24, 2.45) is 5.41 Å². The molecule has 0 spiro atoms. The van der Waals surface area contributed by atoms with Crippen molar-refractivity contribution in [2.75, 3.05) is 18.1 Å². The quantitative estimate of drug-likeness (QED) is 0.591. The lowest BCUT2D eigenvalue weighted by Gasteiger charge is -2.62. The van der Waals surface area contributed by atoms with Gasteiger partial charge in [0.1, 0.15) is 0 Å². The molecular weight excluding hydrogens is 340 g/mol. The van der Waals surface area contributed by atoms with Gasteiger partial charge in [-0.3, -0.25) is 4.90 Å². The maximum atomic E-state index is 2.79. The van der Waals surface area contributed by atoms with Crippen molar-refractivity contribution in [3.05, 3.63) is 27.8 Å². The van der Waals surface area contributed by atoms with E-state index in [9.17, 15) is 0 Å². The van der Waals surface area contributed by atoms with Crippen molar-refractivity contribution in [1.82, 2.24) is 4.90 Å².